The van der Waals surface area contributed by atoms with Gasteiger partial charge in [-0.15, -0.1) is 0 Å². The van der Waals surface area contributed by atoms with Gasteiger partial charge >= 0.3 is 5.97 Å². The van der Waals surface area contributed by atoms with Crippen LogP contribution in [0.3, 0.4) is 0 Å². The van der Waals surface area contributed by atoms with Crippen LogP contribution in [0.1, 0.15) is 33.2 Å². The van der Waals surface area contributed by atoms with E-state index < -0.39 is 5.97 Å². The molecule has 2 aromatic carbocycles. The molecule has 9 nitrogen and oxygen atoms in total. The first kappa shape index (κ1) is 24.1. The van der Waals surface area contributed by atoms with Gasteiger partial charge in [0.25, 0.3) is 11.8 Å². The number of morpholine rings is 1. The average molecular weight is 456 g/mol. The molecule has 1 aliphatic heterocycles. The van der Waals surface area contributed by atoms with Crippen molar-refractivity contribution in [2.45, 2.75) is 13.5 Å². The standard InChI is InChI=1S/C24H28N2O7/c1-3-32-21-14-19(8-9-20(21)33-16-22(27)26-10-12-31-13-11-26)23(28)25-15-17-4-6-18(7-5-17)24(29)30-2/h4-9,14H,3,10-13,15-16H2,1-2H3,(H,25,28). The van der Waals surface area contributed by atoms with E-state index in [0.29, 0.717) is 55.5 Å². The topological polar surface area (TPSA) is 103 Å². The highest BCUT2D eigenvalue weighted by Crippen LogP contribution is 2.28. The number of rotatable bonds is 9. The molecular weight excluding hydrogens is 428 g/mol. The first-order valence-corrected chi connectivity index (χ1v) is 10.7. The molecule has 0 saturated carbocycles. The van der Waals surface area contributed by atoms with Crippen molar-refractivity contribution < 1.29 is 33.3 Å². The molecule has 2 aromatic rings. The zero-order chi connectivity index (χ0) is 23.6. The van der Waals surface area contributed by atoms with Gasteiger partial charge in [-0.25, -0.2) is 4.79 Å². The minimum Gasteiger partial charge on any atom is -0.490 e. The summed E-state index contributed by atoms with van der Waals surface area (Å²) in [5, 5.41) is 2.84. The van der Waals surface area contributed by atoms with E-state index in [9.17, 15) is 14.4 Å². The number of esters is 1. The highest BCUT2D eigenvalue weighted by Gasteiger charge is 2.19. The van der Waals surface area contributed by atoms with Gasteiger partial charge in [-0.3, -0.25) is 9.59 Å². The summed E-state index contributed by atoms with van der Waals surface area (Å²) in [4.78, 5) is 38.2. The lowest BCUT2D eigenvalue weighted by atomic mass is 10.1. The van der Waals surface area contributed by atoms with Crippen LogP contribution in [0.2, 0.25) is 0 Å². The van der Waals surface area contributed by atoms with Crippen LogP contribution in [0, 0.1) is 0 Å². The molecule has 3 rings (SSSR count). The summed E-state index contributed by atoms with van der Waals surface area (Å²) < 4.78 is 21.2. The number of nitrogens with zero attached hydrogens (tertiary/aromatic N) is 1. The Morgan fingerprint density at radius 1 is 0.970 bits per heavy atom. The summed E-state index contributed by atoms with van der Waals surface area (Å²) in [6, 6.07) is 11.6. The van der Waals surface area contributed by atoms with Gasteiger partial charge in [0.05, 0.1) is 32.5 Å². The Kier molecular flexibility index (Phi) is 8.65. The smallest absolute Gasteiger partial charge is 0.337 e. The van der Waals surface area contributed by atoms with Gasteiger partial charge in [0.15, 0.2) is 18.1 Å². The Hall–Kier alpha value is -3.59. The van der Waals surface area contributed by atoms with Crippen LogP contribution < -0.4 is 14.8 Å². The molecule has 0 spiro atoms. The summed E-state index contributed by atoms with van der Waals surface area (Å²) in [6.45, 7) is 4.52. The zero-order valence-corrected chi connectivity index (χ0v) is 18.8. The monoisotopic (exact) mass is 456 g/mol. The third-order valence-corrected chi connectivity index (χ3v) is 5.05. The quantitative estimate of drug-likeness (QED) is 0.576. The minimum absolute atomic E-state index is 0.118. The molecule has 9 heteroatoms. The van der Waals surface area contributed by atoms with Crippen LogP contribution >= 0.6 is 0 Å². The highest BCUT2D eigenvalue weighted by molar-refractivity contribution is 5.95. The molecule has 1 heterocycles. The van der Waals surface area contributed by atoms with Gasteiger partial charge in [-0.05, 0) is 42.8 Å². The largest absolute Gasteiger partial charge is 0.490 e. The van der Waals surface area contributed by atoms with Crippen LogP contribution in [0.4, 0.5) is 0 Å². The first-order chi connectivity index (χ1) is 16.0. The lowest BCUT2D eigenvalue weighted by Crippen LogP contribution is -2.43. The van der Waals surface area contributed by atoms with Gasteiger partial charge in [-0.2, -0.15) is 0 Å². The Bertz CT molecular complexity index is 969. The van der Waals surface area contributed by atoms with Crippen molar-refractivity contribution in [3.05, 3.63) is 59.2 Å². The number of carbonyl (C=O) groups excluding carboxylic acids is 3. The number of hydrogen-bond donors (Lipinski definition) is 1. The molecule has 0 radical (unpaired) electrons. The van der Waals surface area contributed by atoms with Crippen molar-refractivity contribution in [2.24, 2.45) is 0 Å². The normalized spacial score (nSPS) is 13.2. The second kappa shape index (κ2) is 11.9. The maximum absolute atomic E-state index is 12.6. The van der Waals surface area contributed by atoms with E-state index in [1.54, 1.807) is 47.4 Å². The molecule has 1 saturated heterocycles. The van der Waals surface area contributed by atoms with Crippen LogP contribution in [0.15, 0.2) is 42.5 Å². The summed E-state index contributed by atoms with van der Waals surface area (Å²) in [6.07, 6.45) is 0. The van der Waals surface area contributed by atoms with Gasteiger partial charge < -0.3 is 29.2 Å². The number of amides is 2. The molecule has 0 unspecified atom stereocenters. The van der Waals surface area contributed by atoms with Gasteiger partial charge in [-0.1, -0.05) is 12.1 Å². The lowest BCUT2D eigenvalue weighted by Gasteiger charge is -2.26. The lowest BCUT2D eigenvalue weighted by molar-refractivity contribution is -0.137. The van der Waals surface area contributed by atoms with Crippen LogP contribution in [0.5, 0.6) is 11.5 Å². The molecule has 1 aliphatic rings. The predicted octanol–water partition coefficient (Wildman–Crippen LogP) is 2.04. The molecule has 0 aromatic heterocycles. The number of ether oxygens (including phenoxy) is 4. The van der Waals surface area contributed by atoms with Crippen molar-refractivity contribution in [3.8, 4) is 11.5 Å². The molecule has 0 aliphatic carbocycles. The van der Waals surface area contributed by atoms with Gasteiger partial charge in [0.2, 0.25) is 0 Å². The second-order valence-corrected chi connectivity index (χ2v) is 7.25. The van der Waals surface area contributed by atoms with E-state index in [-0.39, 0.29) is 25.0 Å². The molecule has 33 heavy (non-hydrogen) atoms. The number of benzene rings is 2. The highest BCUT2D eigenvalue weighted by atomic mass is 16.5. The van der Waals surface area contributed by atoms with Crippen LogP contribution in [-0.2, 0) is 20.8 Å². The Morgan fingerprint density at radius 2 is 1.67 bits per heavy atom. The van der Waals surface area contributed by atoms with Crippen molar-refractivity contribution in [3.63, 3.8) is 0 Å². The van der Waals surface area contributed by atoms with E-state index in [0.717, 1.165) is 5.56 Å². The van der Waals surface area contributed by atoms with E-state index in [1.165, 1.54) is 7.11 Å². The Morgan fingerprint density at radius 3 is 2.33 bits per heavy atom. The fourth-order valence-corrected chi connectivity index (χ4v) is 3.24. The van der Waals surface area contributed by atoms with Crippen LogP contribution in [0.25, 0.3) is 0 Å². The third-order valence-electron chi connectivity index (χ3n) is 5.05. The van der Waals surface area contributed by atoms with Gasteiger partial charge in [0, 0.05) is 25.2 Å². The fraction of sp³-hybridized carbons (Fsp3) is 0.375. The Balaban J connectivity index is 1.59. The first-order valence-electron chi connectivity index (χ1n) is 10.7. The molecule has 0 bridgehead atoms. The molecule has 1 N–H and O–H groups in total. The van der Waals surface area contributed by atoms with Crippen molar-refractivity contribution in [1.29, 1.82) is 0 Å². The number of carbonyl (C=O) groups is 3. The maximum Gasteiger partial charge on any atom is 0.337 e. The fourth-order valence-electron chi connectivity index (χ4n) is 3.24. The Labute approximate surface area is 192 Å². The van der Waals surface area contributed by atoms with E-state index in [1.807, 2.05) is 6.92 Å². The third kappa shape index (κ3) is 6.69. The molecule has 1 fully saturated rings. The molecule has 0 atom stereocenters. The molecule has 2 amide bonds. The molecular formula is C24H28N2O7. The maximum atomic E-state index is 12.6. The minimum atomic E-state index is -0.414. The van der Waals surface area contributed by atoms with E-state index in [4.69, 9.17) is 14.2 Å². The van der Waals surface area contributed by atoms with Crippen molar-refractivity contribution in [1.82, 2.24) is 10.2 Å². The van der Waals surface area contributed by atoms with E-state index in [2.05, 4.69) is 10.1 Å². The number of nitrogens with one attached hydrogen (secondary N) is 1. The van der Waals surface area contributed by atoms with E-state index >= 15 is 0 Å². The summed E-state index contributed by atoms with van der Waals surface area (Å²) in [5.41, 5.74) is 1.68. The predicted molar refractivity (Wildman–Crippen MR) is 119 cm³/mol. The van der Waals surface area contributed by atoms with Gasteiger partial charge in [0.1, 0.15) is 0 Å². The number of methoxy groups -OCH3 is 1. The summed E-state index contributed by atoms with van der Waals surface area (Å²) in [5.74, 6) is -0.0384. The summed E-state index contributed by atoms with van der Waals surface area (Å²) >= 11 is 0. The number of hydrogen-bond acceptors (Lipinski definition) is 7. The summed E-state index contributed by atoms with van der Waals surface area (Å²) in [7, 11) is 1.32. The second-order valence-electron chi connectivity index (χ2n) is 7.25. The van der Waals surface area contributed by atoms with Crippen molar-refractivity contribution >= 4 is 17.8 Å². The zero-order valence-electron chi connectivity index (χ0n) is 18.8. The molecule has 176 valence electrons. The average Bonchev–Trinajstić information content (AvgIpc) is 2.86. The van der Waals surface area contributed by atoms with Crippen LogP contribution in [-0.4, -0.2) is 69.3 Å². The van der Waals surface area contributed by atoms with Crippen molar-refractivity contribution in [2.75, 3.05) is 46.6 Å². The SMILES string of the molecule is CCOc1cc(C(=O)NCc2ccc(C(=O)OC)cc2)ccc1OCC(=O)N1CCOCC1.